The molecule has 1 saturated carbocycles. The van der Waals surface area contributed by atoms with E-state index < -0.39 is 45.9 Å². The maximum atomic E-state index is 14.7. The van der Waals surface area contributed by atoms with Gasteiger partial charge in [-0.3, -0.25) is 0 Å². The quantitative estimate of drug-likeness (QED) is 0.524. The summed E-state index contributed by atoms with van der Waals surface area (Å²) in [4.78, 5) is 0. The van der Waals surface area contributed by atoms with Crippen LogP contribution in [0.15, 0.2) is 24.3 Å². The summed E-state index contributed by atoms with van der Waals surface area (Å²) in [6.07, 6.45) is 4.40. The van der Waals surface area contributed by atoms with Crippen molar-refractivity contribution >= 4 is 0 Å². The van der Waals surface area contributed by atoms with Crippen LogP contribution in [0.4, 0.5) is 26.3 Å². The molecule has 0 aromatic heterocycles. The van der Waals surface area contributed by atoms with E-state index in [-0.39, 0.29) is 5.92 Å². The Morgan fingerprint density at radius 3 is 1.77 bits per heavy atom. The number of hydrogen-bond acceptors (Lipinski definition) is 0. The fraction of sp³-hybridized carbons (Fsp3) is 0.400. The fourth-order valence-electron chi connectivity index (χ4n) is 3.54. The topological polar surface area (TPSA) is 0 Å². The Labute approximate surface area is 147 Å². The molecule has 0 heterocycles. The lowest BCUT2D eigenvalue weighted by Gasteiger charge is -2.24. The Hall–Kier alpha value is -1.98. The zero-order chi connectivity index (χ0) is 19.1. The van der Waals surface area contributed by atoms with Gasteiger partial charge >= 0.3 is 5.92 Å². The van der Waals surface area contributed by atoms with Gasteiger partial charge < -0.3 is 0 Å². The SMILES string of the molecule is Cc1c(F)cc(C(F)(F)c2c(F)cc(C3CCCCC3)cc2F)cc1F. The minimum Gasteiger partial charge on any atom is -0.207 e. The van der Waals surface area contributed by atoms with E-state index in [4.69, 9.17) is 0 Å². The van der Waals surface area contributed by atoms with Crippen molar-refractivity contribution < 1.29 is 26.3 Å². The van der Waals surface area contributed by atoms with Gasteiger partial charge in [0.1, 0.15) is 23.3 Å². The molecule has 6 heteroatoms. The largest absolute Gasteiger partial charge is 0.304 e. The second-order valence-corrected chi connectivity index (χ2v) is 6.83. The van der Waals surface area contributed by atoms with E-state index in [9.17, 15) is 26.3 Å². The van der Waals surface area contributed by atoms with E-state index in [1.54, 1.807) is 0 Å². The highest BCUT2D eigenvalue weighted by Gasteiger charge is 2.41. The standard InChI is InChI=1S/C20H18F6/c1-11-15(21)9-14(10-16(11)22)20(25,26)19-17(23)7-13(8-18(19)24)12-5-3-2-4-6-12/h7-10,12H,2-6H2,1H3. The summed E-state index contributed by atoms with van der Waals surface area (Å²) in [6, 6.07) is 2.66. The molecule has 0 spiro atoms. The van der Waals surface area contributed by atoms with Crippen molar-refractivity contribution in [2.24, 2.45) is 0 Å². The van der Waals surface area contributed by atoms with Crippen LogP contribution in [0.2, 0.25) is 0 Å². The Bertz CT molecular complexity index is 775. The molecule has 0 unspecified atom stereocenters. The van der Waals surface area contributed by atoms with Crippen LogP contribution >= 0.6 is 0 Å². The predicted octanol–water partition coefficient (Wildman–Crippen LogP) is 6.74. The van der Waals surface area contributed by atoms with Crippen molar-refractivity contribution in [3.63, 3.8) is 0 Å². The van der Waals surface area contributed by atoms with Gasteiger partial charge in [0.2, 0.25) is 0 Å². The molecule has 0 N–H and O–H groups in total. The van der Waals surface area contributed by atoms with Crippen LogP contribution in [0.25, 0.3) is 0 Å². The van der Waals surface area contributed by atoms with Gasteiger partial charge in [0.15, 0.2) is 0 Å². The first-order valence-electron chi connectivity index (χ1n) is 8.55. The van der Waals surface area contributed by atoms with Crippen molar-refractivity contribution in [3.8, 4) is 0 Å². The summed E-state index contributed by atoms with van der Waals surface area (Å²) < 4.78 is 85.4. The minimum absolute atomic E-state index is 0.0651. The third-order valence-corrected chi connectivity index (χ3v) is 5.10. The summed E-state index contributed by atoms with van der Waals surface area (Å²) in [6.45, 7) is 1.09. The summed E-state index contributed by atoms with van der Waals surface area (Å²) in [5.74, 6) is -9.47. The lowest BCUT2D eigenvalue weighted by Crippen LogP contribution is -2.21. The van der Waals surface area contributed by atoms with Gasteiger partial charge in [0, 0.05) is 11.1 Å². The first kappa shape index (κ1) is 18.8. The summed E-state index contributed by atoms with van der Waals surface area (Å²) in [7, 11) is 0. The van der Waals surface area contributed by atoms with E-state index >= 15 is 0 Å². The highest BCUT2D eigenvalue weighted by atomic mass is 19.3. The van der Waals surface area contributed by atoms with E-state index in [0.717, 1.165) is 51.2 Å². The zero-order valence-electron chi connectivity index (χ0n) is 14.2. The lowest BCUT2D eigenvalue weighted by atomic mass is 9.83. The van der Waals surface area contributed by atoms with E-state index in [1.807, 2.05) is 0 Å². The number of benzene rings is 2. The molecule has 0 atom stereocenters. The molecule has 3 rings (SSSR count). The normalized spacial score (nSPS) is 16.1. The monoisotopic (exact) mass is 372 g/mol. The molecule has 0 saturated heterocycles. The van der Waals surface area contributed by atoms with Crippen LogP contribution in [0, 0.1) is 30.2 Å². The van der Waals surface area contributed by atoms with Crippen molar-refractivity contribution in [3.05, 3.63) is 69.8 Å². The number of halogens is 6. The highest BCUT2D eigenvalue weighted by Crippen LogP contribution is 2.42. The Morgan fingerprint density at radius 1 is 0.769 bits per heavy atom. The molecule has 0 bridgehead atoms. The first-order valence-corrected chi connectivity index (χ1v) is 8.55. The molecule has 0 radical (unpaired) electrons. The van der Waals surface area contributed by atoms with Crippen LogP contribution < -0.4 is 0 Å². The first-order chi connectivity index (χ1) is 12.2. The third-order valence-electron chi connectivity index (χ3n) is 5.10. The van der Waals surface area contributed by atoms with Gasteiger partial charge in [-0.05, 0) is 55.5 Å². The van der Waals surface area contributed by atoms with Crippen LogP contribution in [0.5, 0.6) is 0 Å². The van der Waals surface area contributed by atoms with Crippen molar-refractivity contribution in [2.45, 2.75) is 50.9 Å². The van der Waals surface area contributed by atoms with E-state index in [1.165, 1.54) is 0 Å². The van der Waals surface area contributed by atoms with Crippen molar-refractivity contribution in [1.29, 1.82) is 0 Å². The van der Waals surface area contributed by atoms with Gasteiger partial charge in [0.05, 0.1) is 5.56 Å². The molecular weight excluding hydrogens is 354 g/mol. The van der Waals surface area contributed by atoms with Gasteiger partial charge in [-0.2, -0.15) is 8.78 Å². The minimum atomic E-state index is -4.20. The van der Waals surface area contributed by atoms with Gasteiger partial charge in [-0.1, -0.05) is 19.3 Å². The van der Waals surface area contributed by atoms with Gasteiger partial charge in [-0.25, -0.2) is 17.6 Å². The molecule has 0 aliphatic heterocycles. The molecule has 1 aliphatic carbocycles. The van der Waals surface area contributed by atoms with Crippen LogP contribution in [-0.2, 0) is 5.92 Å². The Balaban J connectivity index is 2.05. The van der Waals surface area contributed by atoms with Crippen LogP contribution in [-0.4, -0.2) is 0 Å². The highest BCUT2D eigenvalue weighted by molar-refractivity contribution is 5.39. The smallest absolute Gasteiger partial charge is 0.207 e. The Morgan fingerprint density at radius 2 is 1.27 bits per heavy atom. The molecule has 0 nitrogen and oxygen atoms in total. The maximum Gasteiger partial charge on any atom is 0.304 e. The summed E-state index contributed by atoms with van der Waals surface area (Å²) >= 11 is 0. The van der Waals surface area contributed by atoms with Crippen LogP contribution in [0.1, 0.15) is 60.3 Å². The summed E-state index contributed by atoms with van der Waals surface area (Å²) in [5, 5.41) is 0. The number of rotatable bonds is 3. The average molecular weight is 372 g/mol. The zero-order valence-corrected chi connectivity index (χ0v) is 14.2. The molecule has 26 heavy (non-hydrogen) atoms. The molecule has 1 fully saturated rings. The molecule has 0 amide bonds. The van der Waals surface area contributed by atoms with Crippen molar-refractivity contribution in [2.75, 3.05) is 0 Å². The van der Waals surface area contributed by atoms with Crippen LogP contribution in [0.3, 0.4) is 0 Å². The predicted molar refractivity (Wildman–Crippen MR) is 86.3 cm³/mol. The molecule has 2 aromatic rings. The van der Waals surface area contributed by atoms with Gasteiger partial charge in [0.25, 0.3) is 0 Å². The fourth-order valence-corrected chi connectivity index (χ4v) is 3.54. The Kier molecular flexibility index (Phi) is 5.04. The molecule has 2 aromatic carbocycles. The molecule has 1 aliphatic rings. The average Bonchev–Trinajstić information content (AvgIpc) is 2.59. The van der Waals surface area contributed by atoms with E-state index in [2.05, 4.69) is 0 Å². The van der Waals surface area contributed by atoms with Crippen molar-refractivity contribution in [1.82, 2.24) is 0 Å². The summed E-state index contributed by atoms with van der Waals surface area (Å²) in [5.41, 5.74) is -2.69. The molecule has 140 valence electrons. The second kappa shape index (κ2) is 6.97. The third kappa shape index (κ3) is 3.33. The maximum absolute atomic E-state index is 14.7. The molecular formula is C20H18F6. The second-order valence-electron chi connectivity index (χ2n) is 6.83. The number of alkyl halides is 2. The lowest BCUT2D eigenvalue weighted by molar-refractivity contribution is 0.0339. The number of hydrogen-bond donors (Lipinski definition) is 0. The van der Waals surface area contributed by atoms with Gasteiger partial charge in [-0.15, -0.1) is 0 Å². The van der Waals surface area contributed by atoms with E-state index in [0.29, 0.717) is 17.7 Å².